The van der Waals surface area contributed by atoms with Crippen LogP contribution in [0.5, 0.6) is 17.2 Å². The van der Waals surface area contributed by atoms with Gasteiger partial charge in [0.15, 0.2) is 5.78 Å². The van der Waals surface area contributed by atoms with Gasteiger partial charge in [0.05, 0.1) is 0 Å². The maximum absolute atomic E-state index is 12.5. The quantitative estimate of drug-likeness (QED) is 0.442. The molecule has 0 fully saturated rings. The van der Waals surface area contributed by atoms with Gasteiger partial charge in [0, 0.05) is 17.7 Å². The van der Waals surface area contributed by atoms with Crippen molar-refractivity contribution in [2.75, 3.05) is 0 Å². The molecule has 0 spiro atoms. The Morgan fingerprint density at radius 2 is 1.81 bits per heavy atom. The molecule has 144 valence electrons. The van der Waals surface area contributed by atoms with Crippen LogP contribution < -0.4 is 15.1 Å². The van der Waals surface area contributed by atoms with Crippen molar-refractivity contribution in [2.45, 2.75) is 20.1 Å². The number of carbonyl (C=O) groups is 1. The molecule has 0 aliphatic carbocycles. The topological polar surface area (TPSA) is 86.0 Å². The summed E-state index contributed by atoms with van der Waals surface area (Å²) in [4.78, 5) is 23.8. The fourth-order valence-corrected chi connectivity index (χ4v) is 2.10. The minimum Gasteiger partial charge on any atom is -0.507 e. The molecule has 27 heavy (non-hydrogen) atoms. The number of benzene rings is 1. The molecule has 2 aromatic rings. The molecule has 0 saturated carbocycles. The fourth-order valence-electron chi connectivity index (χ4n) is 2.10. The van der Waals surface area contributed by atoms with Crippen molar-refractivity contribution in [2.24, 2.45) is 0 Å². The SMILES string of the molecule is Cc1cc(O)c(C(=O)/C=C/c2ccc(OC(F)F)cc2OC(F)F)c(=O)o1. The number of ketones is 1. The van der Waals surface area contributed by atoms with Crippen LogP contribution in [0.4, 0.5) is 17.6 Å². The molecule has 0 atom stereocenters. The van der Waals surface area contributed by atoms with Crippen LogP contribution >= 0.6 is 0 Å². The lowest BCUT2D eigenvalue weighted by atomic mass is 10.1. The fraction of sp³-hybridized carbons (Fsp3) is 0.176. The summed E-state index contributed by atoms with van der Waals surface area (Å²) < 4.78 is 62.5. The lowest BCUT2D eigenvalue weighted by Crippen LogP contribution is -2.13. The number of halogens is 4. The predicted octanol–water partition coefficient (Wildman–Crippen LogP) is 3.75. The third kappa shape index (κ3) is 5.33. The molecule has 0 unspecified atom stereocenters. The summed E-state index contributed by atoms with van der Waals surface area (Å²) >= 11 is 0. The van der Waals surface area contributed by atoms with Gasteiger partial charge in [0.25, 0.3) is 0 Å². The molecule has 0 aliphatic rings. The number of hydrogen-bond donors (Lipinski definition) is 1. The third-order valence-electron chi connectivity index (χ3n) is 3.14. The summed E-state index contributed by atoms with van der Waals surface area (Å²) in [6.45, 7) is -5.04. The minimum absolute atomic E-state index is 0.0822. The first-order valence-corrected chi connectivity index (χ1v) is 7.27. The molecule has 1 N–H and O–H groups in total. The number of alkyl halides is 4. The molecule has 1 aromatic heterocycles. The average molecular weight is 388 g/mol. The number of hydrogen-bond acceptors (Lipinski definition) is 6. The molecule has 0 bridgehead atoms. The van der Waals surface area contributed by atoms with E-state index in [4.69, 9.17) is 4.42 Å². The van der Waals surface area contributed by atoms with Gasteiger partial charge in [0.1, 0.15) is 28.6 Å². The zero-order chi connectivity index (χ0) is 20.1. The van der Waals surface area contributed by atoms with E-state index in [1.807, 2.05) is 0 Å². The van der Waals surface area contributed by atoms with Gasteiger partial charge in [-0.1, -0.05) is 0 Å². The summed E-state index contributed by atoms with van der Waals surface area (Å²) in [7, 11) is 0. The van der Waals surface area contributed by atoms with Crippen molar-refractivity contribution in [3.63, 3.8) is 0 Å². The normalized spacial score (nSPS) is 11.4. The standard InChI is InChI=1S/C17H12F4O6/c1-8-6-12(23)14(15(24)25-8)11(22)5-3-9-2-4-10(26-16(18)19)7-13(9)27-17(20)21/h2-7,16-17,23H,1H3/b5-3+. The largest absolute Gasteiger partial charge is 0.507 e. The number of allylic oxidation sites excluding steroid dienone is 1. The first kappa shape index (κ1) is 20.0. The molecule has 10 heteroatoms. The second-order valence-electron chi connectivity index (χ2n) is 5.06. The number of aromatic hydroxyl groups is 1. The summed E-state index contributed by atoms with van der Waals surface area (Å²) in [6.07, 6.45) is 1.81. The summed E-state index contributed by atoms with van der Waals surface area (Å²) in [5, 5.41) is 9.71. The van der Waals surface area contributed by atoms with Gasteiger partial charge in [0.2, 0.25) is 0 Å². The van der Waals surface area contributed by atoms with E-state index in [1.54, 1.807) is 0 Å². The van der Waals surface area contributed by atoms with Gasteiger partial charge in [-0.3, -0.25) is 4.79 Å². The summed E-state index contributed by atoms with van der Waals surface area (Å²) in [5.41, 5.74) is -1.81. The van der Waals surface area contributed by atoms with E-state index < -0.39 is 47.4 Å². The number of rotatable bonds is 7. The van der Waals surface area contributed by atoms with Crippen molar-refractivity contribution < 1.29 is 41.4 Å². The second-order valence-corrected chi connectivity index (χ2v) is 5.06. The van der Waals surface area contributed by atoms with Crippen molar-refractivity contribution in [3.8, 4) is 17.2 Å². The number of ether oxygens (including phenoxy) is 2. The van der Waals surface area contributed by atoms with Crippen molar-refractivity contribution in [1.29, 1.82) is 0 Å². The van der Waals surface area contributed by atoms with Crippen LogP contribution in [0.3, 0.4) is 0 Å². The zero-order valence-corrected chi connectivity index (χ0v) is 13.6. The van der Waals surface area contributed by atoms with E-state index in [-0.39, 0.29) is 11.3 Å². The van der Waals surface area contributed by atoms with Gasteiger partial charge < -0.3 is 19.0 Å². The first-order valence-electron chi connectivity index (χ1n) is 7.27. The zero-order valence-electron chi connectivity index (χ0n) is 13.6. The van der Waals surface area contributed by atoms with E-state index >= 15 is 0 Å². The van der Waals surface area contributed by atoms with Gasteiger partial charge in [-0.25, -0.2) is 4.79 Å². The van der Waals surface area contributed by atoms with Gasteiger partial charge >= 0.3 is 18.8 Å². The van der Waals surface area contributed by atoms with E-state index in [0.717, 1.165) is 36.4 Å². The molecule has 0 radical (unpaired) electrons. The van der Waals surface area contributed by atoms with Crippen LogP contribution in [-0.4, -0.2) is 24.1 Å². The molecule has 1 aromatic carbocycles. The van der Waals surface area contributed by atoms with Crippen LogP contribution in [0.25, 0.3) is 6.08 Å². The van der Waals surface area contributed by atoms with E-state index in [1.165, 1.54) is 6.92 Å². The maximum atomic E-state index is 12.5. The highest BCUT2D eigenvalue weighted by Gasteiger charge is 2.17. The van der Waals surface area contributed by atoms with Gasteiger partial charge in [-0.15, -0.1) is 0 Å². The molecule has 2 rings (SSSR count). The van der Waals surface area contributed by atoms with Crippen LogP contribution in [0.2, 0.25) is 0 Å². The Labute approximate surface area is 149 Å². The summed E-state index contributed by atoms with van der Waals surface area (Å²) in [5.74, 6) is -2.45. The highest BCUT2D eigenvalue weighted by molar-refractivity contribution is 6.08. The molecule has 0 amide bonds. The molecular weight excluding hydrogens is 376 g/mol. The highest BCUT2D eigenvalue weighted by Crippen LogP contribution is 2.29. The Hall–Kier alpha value is -3.30. The second kappa shape index (κ2) is 8.39. The average Bonchev–Trinajstić information content (AvgIpc) is 2.52. The molecule has 1 heterocycles. The van der Waals surface area contributed by atoms with Crippen molar-refractivity contribution >= 4 is 11.9 Å². The number of carbonyl (C=O) groups excluding carboxylic acids is 1. The van der Waals surface area contributed by atoms with E-state index in [2.05, 4.69) is 9.47 Å². The summed E-state index contributed by atoms with van der Waals surface area (Å²) in [6, 6.07) is 3.99. The third-order valence-corrected chi connectivity index (χ3v) is 3.14. The Morgan fingerprint density at radius 3 is 2.41 bits per heavy atom. The van der Waals surface area contributed by atoms with E-state index in [0.29, 0.717) is 0 Å². The Morgan fingerprint density at radius 1 is 1.15 bits per heavy atom. The Kier molecular flexibility index (Phi) is 6.22. The highest BCUT2D eigenvalue weighted by atomic mass is 19.3. The van der Waals surface area contributed by atoms with Crippen molar-refractivity contribution in [1.82, 2.24) is 0 Å². The number of aryl methyl sites for hydroxylation is 1. The monoisotopic (exact) mass is 388 g/mol. The van der Waals surface area contributed by atoms with Crippen LogP contribution in [0.15, 0.2) is 39.6 Å². The Bertz CT molecular complexity index is 920. The first-order chi connectivity index (χ1) is 12.7. The van der Waals surface area contributed by atoms with Gasteiger partial charge in [-0.2, -0.15) is 17.6 Å². The van der Waals surface area contributed by atoms with E-state index in [9.17, 15) is 32.3 Å². The molecule has 6 nitrogen and oxygen atoms in total. The lowest BCUT2D eigenvalue weighted by Gasteiger charge is -2.11. The van der Waals surface area contributed by atoms with Crippen molar-refractivity contribution in [3.05, 3.63) is 57.6 Å². The molecular formula is C17H12F4O6. The lowest BCUT2D eigenvalue weighted by molar-refractivity contribution is -0.0543. The predicted molar refractivity (Wildman–Crippen MR) is 84.5 cm³/mol. The Balaban J connectivity index is 2.35. The maximum Gasteiger partial charge on any atom is 0.387 e. The smallest absolute Gasteiger partial charge is 0.387 e. The van der Waals surface area contributed by atoms with Crippen LogP contribution in [-0.2, 0) is 0 Å². The minimum atomic E-state index is -3.26. The van der Waals surface area contributed by atoms with Crippen LogP contribution in [0.1, 0.15) is 21.7 Å². The molecule has 0 aliphatic heterocycles. The molecule has 0 saturated heterocycles. The van der Waals surface area contributed by atoms with Crippen LogP contribution in [0, 0.1) is 6.92 Å². The van der Waals surface area contributed by atoms with Gasteiger partial charge in [-0.05, 0) is 31.2 Å².